The smallest absolute Gasteiger partial charge is 0.412 e. The number of hydrogen-bond acceptors (Lipinski definition) is 6. The van der Waals surface area contributed by atoms with Crippen molar-refractivity contribution in [1.82, 2.24) is 34.7 Å². The molecule has 1 aliphatic heterocycles. The largest absolute Gasteiger partial charge is 0.416 e. The van der Waals surface area contributed by atoms with E-state index in [4.69, 9.17) is 4.42 Å². The van der Waals surface area contributed by atoms with Gasteiger partial charge in [0.05, 0.1) is 28.8 Å². The summed E-state index contributed by atoms with van der Waals surface area (Å²) >= 11 is 0. The van der Waals surface area contributed by atoms with Gasteiger partial charge in [-0.1, -0.05) is 6.07 Å². The number of hydrogen-bond donors (Lipinski definition) is 1. The minimum Gasteiger partial charge on any atom is -0.412 e. The van der Waals surface area contributed by atoms with Crippen LogP contribution in [0.15, 0.2) is 65.5 Å². The first-order valence-corrected chi connectivity index (χ1v) is 10.7. The van der Waals surface area contributed by atoms with Gasteiger partial charge < -0.3 is 14.3 Å². The maximum Gasteiger partial charge on any atom is 0.416 e. The summed E-state index contributed by atoms with van der Waals surface area (Å²) in [6, 6.07) is 11.2. The molecule has 5 heterocycles. The molecular formula is C23H16F3N7O2. The zero-order valence-corrected chi connectivity index (χ0v) is 17.9. The fourth-order valence-corrected chi connectivity index (χ4v) is 4.24. The quantitative estimate of drug-likeness (QED) is 0.421. The lowest BCUT2D eigenvalue weighted by atomic mass is 9.99. The fraction of sp³-hybridized carbons (Fsp3) is 0.174. The van der Waals surface area contributed by atoms with Gasteiger partial charge in [0.25, 0.3) is 0 Å². The molecule has 1 aromatic carbocycles. The van der Waals surface area contributed by atoms with Gasteiger partial charge in [0.2, 0.25) is 5.89 Å². The van der Waals surface area contributed by atoms with Crippen molar-refractivity contribution in [2.75, 3.05) is 6.54 Å². The first-order valence-electron chi connectivity index (χ1n) is 10.7. The molecule has 1 N–H and O–H groups in total. The second-order valence-corrected chi connectivity index (χ2v) is 8.04. The van der Waals surface area contributed by atoms with Crippen molar-refractivity contribution in [3.8, 4) is 11.5 Å². The lowest BCUT2D eigenvalue weighted by Gasteiger charge is -2.32. The molecule has 176 valence electrons. The van der Waals surface area contributed by atoms with Gasteiger partial charge in [-0.2, -0.15) is 18.3 Å². The zero-order chi connectivity index (χ0) is 24.2. The Morgan fingerprint density at radius 1 is 1.11 bits per heavy atom. The Bertz CT molecular complexity index is 1500. The minimum atomic E-state index is -4.46. The molecule has 9 nitrogen and oxygen atoms in total. The number of halogens is 3. The number of rotatable bonds is 3. The number of benzene rings is 1. The van der Waals surface area contributed by atoms with Gasteiger partial charge in [-0.3, -0.25) is 4.79 Å². The topological polar surface area (TPSA) is 105 Å². The number of carbonyl (C=O) groups is 1. The van der Waals surface area contributed by atoms with Crippen LogP contribution in [-0.4, -0.2) is 47.1 Å². The van der Waals surface area contributed by atoms with Crippen molar-refractivity contribution >= 4 is 11.4 Å². The summed E-state index contributed by atoms with van der Waals surface area (Å²) in [6.45, 7) is 0.352. The Morgan fingerprint density at radius 3 is 2.71 bits per heavy atom. The first kappa shape index (κ1) is 21.1. The van der Waals surface area contributed by atoms with Crippen LogP contribution in [0.5, 0.6) is 0 Å². The van der Waals surface area contributed by atoms with Crippen LogP contribution in [0.4, 0.5) is 13.2 Å². The van der Waals surface area contributed by atoms with E-state index in [9.17, 15) is 18.0 Å². The van der Waals surface area contributed by atoms with Gasteiger partial charge >= 0.3 is 18.0 Å². The van der Waals surface area contributed by atoms with Crippen LogP contribution >= 0.6 is 0 Å². The number of nitrogens with one attached hydrogen (secondary N) is 1. The molecule has 0 radical (unpaired) electrons. The summed E-state index contributed by atoms with van der Waals surface area (Å²) in [6.07, 6.45) is -0.518. The summed E-state index contributed by atoms with van der Waals surface area (Å²) in [7, 11) is 0. The Morgan fingerprint density at radius 2 is 1.94 bits per heavy atom. The Kier molecular flexibility index (Phi) is 4.69. The molecule has 1 atom stereocenters. The molecular weight excluding hydrogens is 463 g/mol. The summed E-state index contributed by atoms with van der Waals surface area (Å²) in [4.78, 5) is 22.6. The molecule has 0 fully saturated rings. The molecule has 0 saturated carbocycles. The van der Waals surface area contributed by atoms with E-state index in [-0.39, 0.29) is 17.3 Å². The molecule has 12 heteroatoms. The number of imidazole rings is 1. The summed E-state index contributed by atoms with van der Waals surface area (Å²) in [5, 5.41) is 12.4. The van der Waals surface area contributed by atoms with Gasteiger partial charge in [-0.15, -0.1) is 10.2 Å². The highest BCUT2D eigenvalue weighted by Gasteiger charge is 2.38. The molecule has 4 aromatic heterocycles. The van der Waals surface area contributed by atoms with Crippen LogP contribution in [0.3, 0.4) is 0 Å². The Balaban J connectivity index is 1.34. The third-order valence-electron chi connectivity index (χ3n) is 5.92. The van der Waals surface area contributed by atoms with E-state index >= 15 is 0 Å². The molecule has 0 bridgehead atoms. The first-order chi connectivity index (χ1) is 16.9. The molecule has 0 saturated heterocycles. The predicted octanol–water partition coefficient (Wildman–Crippen LogP) is 3.91. The SMILES string of the molecule is O=C(c1nnc(-c2ccc(C(F)(F)F)cc2)o1)N1CCc2[nH]cnc2[C@H]1c1cc2ccccn2n1. The Labute approximate surface area is 195 Å². The standard InChI is InChI=1S/C23H16F3N7O2/c24-23(25,26)14-6-4-13(5-7-14)20-29-30-21(35-20)22(34)32-10-8-16-18(28-12-27-16)19(32)17-11-15-3-1-2-9-33(15)31-17/h1-7,9,11-12,19H,8,10H2,(H,27,28)/t19-/m1/s1. The molecule has 5 aromatic rings. The van der Waals surface area contributed by atoms with Gasteiger partial charge in [-0.05, 0) is 42.5 Å². The number of aromatic nitrogens is 6. The highest BCUT2D eigenvalue weighted by Crippen LogP contribution is 2.35. The van der Waals surface area contributed by atoms with E-state index in [1.54, 1.807) is 15.7 Å². The van der Waals surface area contributed by atoms with Gasteiger partial charge in [0, 0.05) is 30.4 Å². The number of fused-ring (bicyclic) bond motifs is 2. The maximum absolute atomic E-state index is 13.5. The van der Waals surface area contributed by atoms with Crippen LogP contribution in [-0.2, 0) is 12.6 Å². The van der Waals surface area contributed by atoms with Crippen molar-refractivity contribution < 1.29 is 22.4 Å². The van der Waals surface area contributed by atoms with E-state index < -0.39 is 23.7 Å². The predicted molar refractivity (Wildman–Crippen MR) is 115 cm³/mol. The lowest BCUT2D eigenvalue weighted by Crippen LogP contribution is -2.41. The average molecular weight is 479 g/mol. The van der Waals surface area contributed by atoms with Crippen LogP contribution in [0, 0.1) is 0 Å². The molecule has 35 heavy (non-hydrogen) atoms. The minimum absolute atomic E-state index is 0.0520. The van der Waals surface area contributed by atoms with Crippen molar-refractivity contribution in [1.29, 1.82) is 0 Å². The third kappa shape index (κ3) is 3.63. The number of pyridine rings is 1. The second-order valence-electron chi connectivity index (χ2n) is 8.04. The molecule has 0 aliphatic carbocycles. The number of H-pyrrole nitrogens is 1. The van der Waals surface area contributed by atoms with Crippen molar-refractivity contribution in [3.63, 3.8) is 0 Å². The van der Waals surface area contributed by atoms with Crippen LogP contribution in [0.2, 0.25) is 0 Å². The number of amides is 1. The highest BCUT2D eigenvalue weighted by atomic mass is 19.4. The Hall–Kier alpha value is -4.48. The van der Waals surface area contributed by atoms with E-state index in [1.807, 2.05) is 30.5 Å². The van der Waals surface area contributed by atoms with Crippen molar-refractivity contribution in [3.05, 3.63) is 89.6 Å². The van der Waals surface area contributed by atoms with Gasteiger partial charge in [0.1, 0.15) is 6.04 Å². The third-order valence-corrected chi connectivity index (χ3v) is 5.92. The van der Waals surface area contributed by atoms with E-state index in [0.29, 0.717) is 24.4 Å². The molecule has 1 aliphatic rings. The number of alkyl halides is 3. The highest BCUT2D eigenvalue weighted by molar-refractivity contribution is 5.90. The second kappa shape index (κ2) is 7.79. The monoisotopic (exact) mass is 479 g/mol. The average Bonchev–Trinajstić information content (AvgIpc) is 3.61. The van der Waals surface area contributed by atoms with Gasteiger partial charge in [-0.25, -0.2) is 9.50 Å². The molecule has 6 rings (SSSR count). The van der Waals surface area contributed by atoms with Gasteiger partial charge in [0.15, 0.2) is 0 Å². The van der Waals surface area contributed by atoms with Crippen molar-refractivity contribution in [2.45, 2.75) is 18.6 Å². The molecule has 1 amide bonds. The van der Waals surface area contributed by atoms with E-state index in [1.165, 1.54) is 12.1 Å². The maximum atomic E-state index is 13.5. The van der Waals surface area contributed by atoms with E-state index in [2.05, 4.69) is 25.3 Å². The lowest BCUT2D eigenvalue weighted by molar-refractivity contribution is -0.137. The number of carbonyl (C=O) groups excluding carboxylic acids is 1. The van der Waals surface area contributed by atoms with Crippen LogP contribution in [0.1, 0.15) is 39.4 Å². The summed E-state index contributed by atoms with van der Waals surface area (Å²) in [5.74, 6) is -0.845. The summed E-state index contributed by atoms with van der Waals surface area (Å²) in [5.41, 5.74) is 2.55. The number of nitrogens with zero attached hydrogens (tertiary/aromatic N) is 6. The molecule has 0 spiro atoms. The van der Waals surface area contributed by atoms with Crippen molar-refractivity contribution in [2.24, 2.45) is 0 Å². The molecule has 0 unspecified atom stereocenters. The zero-order valence-electron chi connectivity index (χ0n) is 17.9. The van der Waals surface area contributed by atoms with Crippen LogP contribution < -0.4 is 0 Å². The fourth-order valence-electron chi connectivity index (χ4n) is 4.24. The number of aromatic amines is 1. The normalized spacial score (nSPS) is 16.0. The summed E-state index contributed by atoms with van der Waals surface area (Å²) < 4.78 is 45.8. The van der Waals surface area contributed by atoms with E-state index in [0.717, 1.165) is 23.3 Å². The van der Waals surface area contributed by atoms with Crippen LogP contribution in [0.25, 0.3) is 17.0 Å².